The molecule has 0 aromatic carbocycles. The highest BCUT2D eigenvalue weighted by atomic mass is 14.7. The van der Waals surface area contributed by atoms with Gasteiger partial charge in [-0.05, 0) is 18.4 Å². The van der Waals surface area contributed by atoms with Crippen molar-refractivity contribution >= 4 is 5.71 Å². The van der Waals surface area contributed by atoms with Gasteiger partial charge in [0.15, 0.2) is 0 Å². The second kappa shape index (κ2) is 4.29. The Morgan fingerprint density at radius 1 is 0.929 bits per heavy atom. The molecule has 0 radical (unpaired) electrons. The molecule has 0 saturated carbocycles. The zero-order valence-corrected chi connectivity index (χ0v) is 11.0. The van der Waals surface area contributed by atoms with Gasteiger partial charge >= 0.3 is 0 Å². The van der Waals surface area contributed by atoms with Gasteiger partial charge in [-0.1, -0.05) is 47.1 Å². The van der Waals surface area contributed by atoms with Gasteiger partial charge in [0.1, 0.15) is 0 Å². The van der Waals surface area contributed by atoms with Gasteiger partial charge in [-0.25, -0.2) is 0 Å². The van der Waals surface area contributed by atoms with E-state index in [0.717, 1.165) is 0 Å². The third-order valence-electron chi connectivity index (χ3n) is 2.55. The number of nitrogens with zero attached hydrogens (tertiary/aromatic N) is 1. The summed E-state index contributed by atoms with van der Waals surface area (Å²) in [6.45, 7) is 15.5. The highest BCUT2D eigenvalue weighted by molar-refractivity contribution is 5.99. The Morgan fingerprint density at radius 3 is 1.57 bits per heavy atom. The standard InChI is InChI=1S/C13H25N/c1-10(12(2,3)4)9-11(14-8)13(5,6)7/h9H,1-8H3/b10-9+,14-11?. The Bertz CT molecular complexity index is 243. The molecule has 0 aromatic heterocycles. The number of hydrogen-bond donors (Lipinski definition) is 0. The first kappa shape index (κ1) is 13.4. The van der Waals surface area contributed by atoms with Crippen LogP contribution in [0.15, 0.2) is 16.6 Å². The SMILES string of the molecule is CN=C(/C=C(\C)C(C)(C)C)C(C)(C)C. The van der Waals surface area contributed by atoms with Crippen LogP contribution in [0.3, 0.4) is 0 Å². The van der Waals surface area contributed by atoms with Crippen molar-refractivity contribution in [3.05, 3.63) is 11.6 Å². The van der Waals surface area contributed by atoms with Gasteiger partial charge in [-0.3, -0.25) is 4.99 Å². The van der Waals surface area contributed by atoms with Crippen LogP contribution in [0, 0.1) is 10.8 Å². The minimum absolute atomic E-state index is 0.140. The molecule has 0 aliphatic carbocycles. The minimum atomic E-state index is 0.140. The van der Waals surface area contributed by atoms with Crippen LogP contribution in [-0.2, 0) is 0 Å². The molecule has 82 valence electrons. The number of rotatable bonds is 1. The lowest BCUT2D eigenvalue weighted by Gasteiger charge is -2.24. The first-order valence-corrected chi connectivity index (χ1v) is 5.25. The summed E-state index contributed by atoms with van der Waals surface area (Å²) in [4.78, 5) is 4.35. The Labute approximate surface area is 89.3 Å². The fourth-order valence-corrected chi connectivity index (χ4v) is 1.04. The van der Waals surface area contributed by atoms with E-state index in [1.54, 1.807) is 0 Å². The number of aliphatic imine (C=N–C) groups is 1. The van der Waals surface area contributed by atoms with Crippen LogP contribution in [0.4, 0.5) is 0 Å². The molecular weight excluding hydrogens is 170 g/mol. The van der Waals surface area contributed by atoms with Crippen molar-refractivity contribution in [2.75, 3.05) is 7.05 Å². The van der Waals surface area contributed by atoms with E-state index in [9.17, 15) is 0 Å². The van der Waals surface area contributed by atoms with Crippen LogP contribution in [0.5, 0.6) is 0 Å². The molecule has 0 unspecified atom stereocenters. The van der Waals surface area contributed by atoms with E-state index in [4.69, 9.17) is 0 Å². The molecule has 0 aliphatic heterocycles. The molecule has 0 aliphatic rings. The summed E-state index contributed by atoms with van der Waals surface area (Å²) >= 11 is 0. The molecule has 0 heterocycles. The largest absolute Gasteiger partial charge is 0.293 e. The second-order valence-electron chi connectivity index (χ2n) is 5.94. The molecule has 14 heavy (non-hydrogen) atoms. The van der Waals surface area contributed by atoms with Crippen LogP contribution in [0.1, 0.15) is 48.5 Å². The molecule has 0 bridgehead atoms. The molecular formula is C13H25N. The van der Waals surface area contributed by atoms with Crippen molar-refractivity contribution in [1.82, 2.24) is 0 Å². The highest BCUT2D eigenvalue weighted by Crippen LogP contribution is 2.27. The van der Waals surface area contributed by atoms with Crippen molar-refractivity contribution in [1.29, 1.82) is 0 Å². The molecule has 0 atom stereocenters. The maximum absolute atomic E-state index is 4.35. The van der Waals surface area contributed by atoms with E-state index in [0.29, 0.717) is 0 Å². The fourth-order valence-electron chi connectivity index (χ4n) is 1.04. The lowest BCUT2D eigenvalue weighted by atomic mass is 9.82. The predicted molar refractivity (Wildman–Crippen MR) is 66.0 cm³/mol. The molecule has 0 saturated heterocycles. The molecule has 1 heteroatoms. The summed E-state index contributed by atoms with van der Waals surface area (Å²) in [5.41, 5.74) is 2.93. The van der Waals surface area contributed by atoms with E-state index in [1.807, 2.05) is 7.05 Å². The second-order valence-corrected chi connectivity index (χ2v) is 5.94. The topological polar surface area (TPSA) is 12.4 Å². The molecule has 0 aromatic rings. The molecule has 1 nitrogen and oxygen atoms in total. The van der Waals surface area contributed by atoms with Gasteiger partial charge in [0, 0.05) is 18.2 Å². The minimum Gasteiger partial charge on any atom is -0.293 e. The summed E-state index contributed by atoms with van der Waals surface area (Å²) in [6, 6.07) is 0. The van der Waals surface area contributed by atoms with Gasteiger partial charge in [-0.15, -0.1) is 0 Å². The Morgan fingerprint density at radius 2 is 1.36 bits per heavy atom. The van der Waals surface area contributed by atoms with E-state index in [2.05, 4.69) is 59.5 Å². The van der Waals surface area contributed by atoms with Gasteiger partial charge in [-0.2, -0.15) is 0 Å². The quantitative estimate of drug-likeness (QED) is 0.559. The maximum Gasteiger partial charge on any atom is 0.0397 e. The third-order valence-corrected chi connectivity index (χ3v) is 2.55. The maximum atomic E-state index is 4.35. The monoisotopic (exact) mass is 195 g/mol. The Hall–Kier alpha value is -0.590. The molecule has 0 fully saturated rings. The Kier molecular flexibility index (Phi) is 4.11. The first-order valence-electron chi connectivity index (χ1n) is 5.25. The Balaban J connectivity index is 4.99. The predicted octanol–water partition coefficient (Wildman–Crippen LogP) is 4.10. The molecule has 0 N–H and O–H groups in total. The molecule has 0 rings (SSSR count). The van der Waals surface area contributed by atoms with Crippen LogP contribution in [0.2, 0.25) is 0 Å². The van der Waals surface area contributed by atoms with Crippen molar-refractivity contribution in [3.63, 3.8) is 0 Å². The lowest BCUT2D eigenvalue weighted by Crippen LogP contribution is -2.20. The molecule has 0 spiro atoms. The number of hydrogen-bond acceptors (Lipinski definition) is 1. The zero-order valence-electron chi connectivity index (χ0n) is 11.0. The first-order chi connectivity index (χ1) is 6.09. The summed E-state index contributed by atoms with van der Waals surface area (Å²) in [5.74, 6) is 0. The number of allylic oxidation sites excluding steroid dienone is 2. The van der Waals surface area contributed by atoms with E-state index < -0.39 is 0 Å². The van der Waals surface area contributed by atoms with Crippen LogP contribution in [0.25, 0.3) is 0 Å². The summed E-state index contributed by atoms with van der Waals surface area (Å²) in [5, 5.41) is 0. The van der Waals surface area contributed by atoms with Gasteiger partial charge in [0.25, 0.3) is 0 Å². The summed E-state index contributed by atoms with van der Waals surface area (Å²) < 4.78 is 0. The molecule has 0 amide bonds. The van der Waals surface area contributed by atoms with Crippen LogP contribution < -0.4 is 0 Å². The van der Waals surface area contributed by atoms with Crippen molar-refractivity contribution in [2.24, 2.45) is 15.8 Å². The van der Waals surface area contributed by atoms with Crippen LogP contribution >= 0.6 is 0 Å². The summed E-state index contributed by atoms with van der Waals surface area (Å²) in [6.07, 6.45) is 2.22. The third kappa shape index (κ3) is 4.08. The zero-order chi connectivity index (χ0) is 11.6. The van der Waals surface area contributed by atoms with E-state index >= 15 is 0 Å². The highest BCUT2D eigenvalue weighted by Gasteiger charge is 2.19. The van der Waals surface area contributed by atoms with Gasteiger partial charge in [0.2, 0.25) is 0 Å². The average molecular weight is 195 g/mol. The summed E-state index contributed by atoms with van der Waals surface area (Å²) in [7, 11) is 1.87. The van der Waals surface area contributed by atoms with Crippen LogP contribution in [-0.4, -0.2) is 12.8 Å². The fraction of sp³-hybridized carbons (Fsp3) is 0.769. The van der Waals surface area contributed by atoms with Crippen molar-refractivity contribution < 1.29 is 0 Å². The van der Waals surface area contributed by atoms with E-state index in [-0.39, 0.29) is 10.8 Å². The van der Waals surface area contributed by atoms with Gasteiger partial charge < -0.3 is 0 Å². The average Bonchev–Trinajstić information content (AvgIpc) is 1.95. The van der Waals surface area contributed by atoms with E-state index in [1.165, 1.54) is 11.3 Å². The van der Waals surface area contributed by atoms with Crippen molar-refractivity contribution in [3.8, 4) is 0 Å². The van der Waals surface area contributed by atoms with Gasteiger partial charge in [0.05, 0.1) is 0 Å². The normalized spacial score (nSPS) is 16.0. The lowest BCUT2D eigenvalue weighted by molar-refractivity contribution is 0.503. The smallest absolute Gasteiger partial charge is 0.0397 e. The van der Waals surface area contributed by atoms with Crippen molar-refractivity contribution in [2.45, 2.75) is 48.5 Å².